The van der Waals surface area contributed by atoms with E-state index < -0.39 is 11.0 Å². The second kappa shape index (κ2) is 12.3. The fourth-order valence-electron chi connectivity index (χ4n) is 4.33. The first-order valence-corrected chi connectivity index (χ1v) is 12.9. The highest BCUT2D eigenvalue weighted by molar-refractivity contribution is 7.09. The third-order valence-corrected chi connectivity index (χ3v) is 7.21. The highest BCUT2D eigenvalue weighted by atomic mass is 32.1. The Kier molecular flexibility index (Phi) is 8.63. The third-order valence-electron chi connectivity index (χ3n) is 6.28. The Bertz CT molecular complexity index is 1230. The van der Waals surface area contributed by atoms with Crippen LogP contribution in [-0.2, 0) is 33.8 Å². The van der Waals surface area contributed by atoms with E-state index >= 15 is 0 Å². The molecule has 9 nitrogen and oxygen atoms in total. The highest BCUT2D eigenvalue weighted by Gasteiger charge is 2.40. The van der Waals surface area contributed by atoms with Gasteiger partial charge in [0, 0.05) is 36.6 Å². The van der Waals surface area contributed by atoms with Gasteiger partial charge in [-0.05, 0) is 35.4 Å². The van der Waals surface area contributed by atoms with Gasteiger partial charge in [-0.15, -0.1) is 11.3 Å². The number of hydrogen-bond donors (Lipinski definition) is 1. The number of nitro benzene ring substituents is 1. The Morgan fingerprint density at radius 2 is 1.76 bits per heavy atom. The average Bonchev–Trinajstić information content (AvgIpc) is 3.41. The first kappa shape index (κ1) is 26.0. The van der Waals surface area contributed by atoms with Crippen molar-refractivity contribution in [3.05, 3.63) is 98.2 Å². The number of piperazine rings is 1. The average molecular weight is 521 g/mol. The summed E-state index contributed by atoms with van der Waals surface area (Å²) in [5.74, 6) is -0.730. The summed E-state index contributed by atoms with van der Waals surface area (Å²) in [6.45, 7) is 0.971. The van der Waals surface area contributed by atoms with Gasteiger partial charge in [-0.2, -0.15) is 0 Å². The van der Waals surface area contributed by atoms with Crippen LogP contribution in [0, 0.1) is 10.1 Å². The molecule has 37 heavy (non-hydrogen) atoms. The maximum Gasteiger partial charge on any atom is 0.269 e. The Morgan fingerprint density at radius 1 is 1.00 bits per heavy atom. The first-order valence-electron chi connectivity index (χ1n) is 12.1. The van der Waals surface area contributed by atoms with Gasteiger partial charge in [0.1, 0.15) is 12.6 Å². The largest absolute Gasteiger partial charge is 0.356 e. The van der Waals surface area contributed by atoms with Crippen molar-refractivity contribution >= 4 is 34.7 Å². The number of rotatable bonds is 11. The lowest BCUT2D eigenvalue weighted by Gasteiger charge is -2.40. The fraction of sp³-hybridized carbons (Fsp3) is 0.296. The van der Waals surface area contributed by atoms with Crippen molar-refractivity contribution in [2.45, 2.75) is 31.8 Å². The summed E-state index contributed by atoms with van der Waals surface area (Å²) in [4.78, 5) is 53.9. The van der Waals surface area contributed by atoms with Crippen LogP contribution < -0.4 is 5.32 Å². The molecule has 192 valence electrons. The molecule has 0 radical (unpaired) electrons. The summed E-state index contributed by atoms with van der Waals surface area (Å²) in [5, 5.41) is 15.6. The fourth-order valence-corrected chi connectivity index (χ4v) is 5.03. The molecule has 2 heterocycles. The number of nitro groups is 1. The lowest BCUT2D eigenvalue weighted by Crippen LogP contribution is -2.60. The van der Waals surface area contributed by atoms with Crippen molar-refractivity contribution in [2.75, 3.05) is 19.6 Å². The molecule has 3 amide bonds. The number of carbonyl (C=O) groups is 3. The van der Waals surface area contributed by atoms with Gasteiger partial charge in [-0.1, -0.05) is 48.5 Å². The predicted molar refractivity (Wildman–Crippen MR) is 140 cm³/mol. The van der Waals surface area contributed by atoms with Gasteiger partial charge >= 0.3 is 0 Å². The number of amides is 3. The summed E-state index contributed by atoms with van der Waals surface area (Å²) in [5.41, 5.74) is 1.78. The van der Waals surface area contributed by atoms with Crippen LogP contribution in [0.5, 0.6) is 0 Å². The lowest BCUT2D eigenvalue weighted by atomic mass is 10.0. The molecule has 1 N–H and O–H groups in total. The van der Waals surface area contributed by atoms with Gasteiger partial charge in [-0.3, -0.25) is 24.5 Å². The zero-order chi connectivity index (χ0) is 26.2. The molecule has 1 fully saturated rings. The topological polar surface area (TPSA) is 113 Å². The van der Waals surface area contributed by atoms with Gasteiger partial charge < -0.3 is 15.1 Å². The molecule has 1 aromatic heterocycles. The van der Waals surface area contributed by atoms with Crippen LogP contribution >= 0.6 is 11.3 Å². The van der Waals surface area contributed by atoms with Crippen molar-refractivity contribution in [2.24, 2.45) is 0 Å². The monoisotopic (exact) mass is 520 g/mol. The number of nitrogens with zero attached hydrogens (tertiary/aromatic N) is 3. The zero-order valence-corrected chi connectivity index (χ0v) is 21.1. The van der Waals surface area contributed by atoms with Gasteiger partial charge in [0.2, 0.25) is 17.7 Å². The normalized spacial score (nSPS) is 15.6. The van der Waals surface area contributed by atoms with Crippen LogP contribution in [0.2, 0.25) is 0 Å². The molecule has 2 aromatic carbocycles. The molecule has 0 spiro atoms. The molecule has 4 rings (SSSR count). The van der Waals surface area contributed by atoms with Crippen LogP contribution in [0.25, 0.3) is 0 Å². The second-order valence-corrected chi connectivity index (χ2v) is 9.87. The Labute approximate surface area is 218 Å². The number of nitrogens with one attached hydrogen (secondary N) is 1. The molecule has 10 heteroatoms. The molecule has 1 unspecified atom stereocenters. The zero-order valence-electron chi connectivity index (χ0n) is 20.2. The van der Waals surface area contributed by atoms with Gasteiger partial charge in [-0.25, -0.2) is 0 Å². The molecule has 1 aliphatic rings. The molecule has 0 saturated carbocycles. The third kappa shape index (κ3) is 7.01. The van der Waals surface area contributed by atoms with Crippen molar-refractivity contribution in [3.63, 3.8) is 0 Å². The first-order chi connectivity index (χ1) is 17.9. The summed E-state index contributed by atoms with van der Waals surface area (Å²) in [6, 6.07) is 18.7. The van der Waals surface area contributed by atoms with Gasteiger partial charge in [0.15, 0.2) is 0 Å². The second-order valence-electron chi connectivity index (χ2n) is 8.84. The number of carbonyl (C=O) groups excluding carboxylic acids is 3. The number of non-ortho nitro benzene ring substituents is 1. The van der Waals surface area contributed by atoms with E-state index in [1.807, 2.05) is 47.8 Å². The predicted octanol–water partition coefficient (Wildman–Crippen LogP) is 3.19. The number of benzene rings is 2. The molecule has 3 aromatic rings. The smallest absolute Gasteiger partial charge is 0.269 e. The van der Waals surface area contributed by atoms with Crippen LogP contribution in [-0.4, -0.2) is 58.1 Å². The van der Waals surface area contributed by atoms with Gasteiger partial charge in [0.05, 0.1) is 11.3 Å². The standard InChI is InChI=1S/C27H28N4O5S/c32-25(28-14-12-20-8-10-22(11-9-20)31(35)36)17-24-27(34)29(18-21-5-2-1-3-6-21)19-26(33)30(24)15-13-23-7-4-16-37-23/h1-11,16,24H,12-15,17-19H2,(H,28,32). The minimum absolute atomic E-state index is 0.0101. The maximum atomic E-state index is 13.5. The molecular formula is C27H28N4O5S. The van der Waals surface area contributed by atoms with E-state index in [4.69, 9.17) is 0 Å². The Balaban J connectivity index is 1.40. The van der Waals surface area contributed by atoms with E-state index in [-0.39, 0.29) is 36.4 Å². The van der Waals surface area contributed by atoms with Crippen molar-refractivity contribution < 1.29 is 19.3 Å². The number of thiophene rings is 1. The highest BCUT2D eigenvalue weighted by Crippen LogP contribution is 2.20. The summed E-state index contributed by atoms with van der Waals surface area (Å²) >= 11 is 1.59. The van der Waals surface area contributed by atoms with E-state index in [0.717, 1.165) is 16.0 Å². The van der Waals surface area contributed by atoms with Crippen LogP contribution in [0.1, 0.15) is 22.4 Å². The lowest BCUT2D eigenvalue weighted by molar-refractivity contribution is -0.384. The van der Waals surface area contributed by atoms with E-state index in [0.29, 0.717) is 32.5 Å². The number of hydrogen-bond acceptors (Lipinski definition) is 6. The van der Waals surface area contributed by atoms with E-state index in [1.54, 1.807) is 28.4 Å². The van der Waals surface area contributed by atoms with E-state index in [1.165, 1.54) is 17.0 Å². The molecule has 0 aliphatic carbocycles. The molecular weight excluding hydrogens is 492 g/mol. The molecule has 1 aliphatic heterocycles. The van der Waals surface area contributed by atoms with Crippen LogP contribution in [0.15, 0.2) is 72.1 Å². The SMILES string of the molecule is O=C(CC1C(=O)N(Cc2ccccc2)CC(=O)N1CCc1cccs1)NCCc1ccc([N+](=O)[O-])cc1. The Morgan fingerprint density at radius 3 is 2.43 bits per heavy atom. The molecule has 1 atom stereocenters. The molecule has 0 bridgehead atoms. The van der Waals surface area contributed by atoms with Crippen LogP contribution in [0.3, 0.4) is 0 Å². The van der Waals surface area contributed by atoms with Crippen molar-refractivity contribution in [1.82, 2.24) is 15.1 Å². The quantitative estimate of drug-likeness (QED) is 0.308. The van der Waals surface area contributed by atoms with E-state index in [9.17, 15) is 24.5 Å². The minimum atomic E-state index is -0.871. The summed E-state index contributed by atoms with van der Waals surface area (Å²) in [6.07, 6.45) is 0.984. The van der Waals surface area contributed by atoms with Gasteiger partial charge in [0.25, 0.3) is 5.69 Å². The van der Waals surface area contributed by atoms with Crippen LogP contribution in [0.4, 0.5) is 5.69 Å². The summed E-state index contributed by atoms with van der Waals surface area (Å²) < 4.78 is 0. The maximum absolute atomic E-state index is 13.5. The van der Waals surface area contributed by atoms with Crippen molar-refractivity contribution in [1.29, 1.82) is 0 Å². The summed E-state index contributed by atoms with van der Waals surface area (Å²) in [7, 11) is 0. The molecule has 1 saturated heterocycles. The Hall–Kier alpha value is -4.05. The minimum Gasteiger partial charge on any atom is -0.356 e. The van der Waals surface area contributed by atoms with Crippen molar-refractivity contribution in [3.8, 4) is 0 Å². The van der Waals surface area contributed by atoms with E-state index in [2.05, 4.69) is 5.32 Å².